The number of nitrogens with zero attached hydrogens (tertiary/aromatic N) is 2. The molecule has 0 aliphatic carbocycles. The number of rotatable bonds is 12. The van der Waals surface area contributed by atoms with Crippen LogP contribution in [0.1, 0.15) is 50.6 Å². The summed E-state index contributed by atoms with van der Waals surface area (Å²) in [4.78, 5) is 2.08. The van der Waals surface area contributed by atoms with Gasteiger partial charge in [0, 0.05) is 25.2 Å². The summed E-state index contributed by atoms with van der Waals surface area (Å²) < 4.78 is 16.6. The van der Waals surface area contributed by atoms with E-state index in [1.54, 1.807) is 7.11 Å². The molecule has 7 nitrogen and oxygen atoms in total. The Morgan fingerprint density at radius 2 is 1.90 bits per heavy atom. The summed E-state index contributed by atoms with van der Waals surface area (Å²) in [5, 5.41) is 17.6. The van der Waals surface area contributed by atoms with Gasteiger partial charge in [0.2, 0.25) is 0 Å². The van der Waals surface area contributed by atoms with Crippen LogP contribution in [-0.4, -0.2) is 54.6 Å². The van der Waals surface area contributed by atoms with E-state index in [0.29, 0.717) is 43.1 Å². The van der Waals surface area contributed by atoms with Gasteiger partial charge in [0.1, 0.15) is 12.7 Å². The van der Waals surface area contributed by atoms with Crippen molar-refractivity contribution in [2.45, 2.75) is 58.8 Å². The lowest BCUT2D eigenvalue weighted by Crippen LogP contribution is -2.36. The molecule has 2 aromatic rings. The summed E-state index contributed by atoms with van der Waals surface area (Å²) in [6.07, 6.45) is -0.564. The molecule has 0 unspecified atom stereocenters. The highest BCUT2D eigenvalue weighted by Gasteiger charge is 2.13. The standard InChI is InChI=1S/C22H35N3O4/c1-15(2)20-10-19(29-24-20)12-23-11-17-7-8-21(22(9-17)27-6)28-14-18(26)13-25(5)16(3)4/h7-10,15-16,18,23,26H,11-14H2,1-6H3/t18-/m1/s1. The van der Waals surface area contributed by atoms with Crippen LogP contribution in [0.25, 0.3) is 0 Å². The summed E-state index contributed by atoms with van der Waals surface area (Å²) in [6, 6.07) is 8.16. The minimum atomic E-state index is -0.564. The van der Waals surface area contributed by atoms with E-state index in [0.717, 1.165) is 17.0 Å². The molecule has 0 fully saturated rings. The van der Waals surface area contributed by atoms with Gasteiger partial charge < -0.3 is 29.3 Å². The lowest BCUT2D eigenvalue weighted by atomic mass is 10.1. The third-order valence-corrected chi connectivity index (χ3v) is 4.84. The Labute approximate surface area is 174 Å². The average molecular weight is 406 g/mol. The molecule has 1 atom stereocenters. The van der Waals surface area contributed by atoms with E-state index in [2.05, 4.69) is 43.1 Å². The van der Waals surface area contributed by atoms with Crippen molar-refractivity contribution < 1.29 is 19.1 Å². The van der Waals surface area contributed by atoms with E-state index in [1.165, 1.54) is 0 Å². The molecule has 1 heterocycles. The molecule has 162 valence electrons. The van der Waals surface area contributed by atoms with Crippen LogP contribution in [0.15, 0.2) is 28.8 Å². The first-order chi connectivity index (χ1) is 13.8. The van der Waals surface area contributed by atoms with Gasteiger partial charge >= 0.3 is 0 Å². The van der Waals surface area contributed by atoms with Crippen LogP contribution in [0.3, 0.4) is 0 Å². The highest BCUT2D eigenvalue weighted by molar-refractivity contribution is 5.43. The molecule has 0 radical (unpaired) electrons. The van der Waals surface area contributed by atoms with Crippen molar-refractivity contribution in [1.29, 1.82) is 0 Å². The first-order valence-corrected chi connectivity index (χ1v) is 10.1. The number of hydrogen-bond acceptors (Lipinski definition) is 7. The van der Waals surface area contributed by atoms with Crippen LogP contribution in [0.4, 0.5) is 0 Å². The fourth-order valence-corrected chi connectivity index (χ4v) is 2.74. The first kappa shape index (κ1) is 23.2. The zero-order valence-electron chi connectivity index (χ0n) is 18.4. The lowest BCUT2D eigenvalue weighted by molar-refractivity contribution is 0.0668. The predicted octanol–water partition coefficient (Wildman–Crippen LogP) is 3.18. The topological polar surface area (TPSA) is 80.0 Å². The van der Waals surface area contributed by atoms with E-state index < -0.39 is 6.10 Å². The van der Waals surface area contributed by atoms with E-state index in [4.69, 9.17) is 14.0 Å². The van der Waals surface area contributed by atoms with Crippen molar-refractivity contribution in [1.82, 2.24) is 15.4 Å². The molecule has 7 heteroatoms. The fourth-order valence-electron chi connectivity index (χ4n) is 2.74. The van der Waals surface area contributed by atoms with Crippen LogP contribution in [0, 0.1) is 0 Å². The molecule has 2 N–H and O–H groups in total. The molecular weight excluding hydrogens is 370 g/mol. The third kappa shape index (κ3) is 7.34. The molecule has 0 saturated carbocycles. The van der Waals surface area contributed by atoms with E-state index in [-0.39, 0.29) is 6.61 Å². The smallest absolute Gasteiger partial charge is 0.161 e. The van der Waals surface area contributed by atoms with E-state index >= 15 is 0 Å². The Morgan fingerprint density at radius 1 is 1.14 bits per heavy atom. The highest BCUT2D eigenvalue weighted by atomic mass is 16.5. The van der Waals surface area contributed by atoms with Crippen LogP contribution in [0.5, 0.6) is 11.5 Å². The van der Waals surface area contributed by atoms with E-state index in [9.17, 15) is 5.11 Å². The Bertz CT molecular complexity index is 745. The quantitative estimate of drug-likeness (QED) is 0.561. The zero-order chi connectivity index (χ0) is 21.4. The monoisotopic (exact) mass is 405 g/mol. The number of likely N-dealkylation sites (N-methyl/N-ethyl adjacent to an activating group) is 1. The minimum Gasteiger partial charge on any atom is -0.493 e. The molecule has 1 aromatic heterocycles. The van der Waals surface area contributed by atoms with Crippen LogP contribution in [-0.2, 0) is 13.1 Å². The van der Waals surface area contributed by atoms with Crippen LogP contribution in [0.2, 0.25) is 0 Å². The molecular formula is C22H35N3O4. The maximum Gasteiger partial charge on any atom is 0.161 e. The molecule has 29 heavy (non-hydrogen) atoms. The van der Waals surface area contributed by atoms with Crippen LogP contribution < -0.4 is 14.8 Å². The van der Waals surface area contributed by atoms with Crippen molar-refractivity contribution >= 4 is 0 Å². The van der Waals surface area contributed by atoms with Crippen molar-refractivity contribution in [2.75, 3.05) is 27.3 Å². The van der Waals surface area contributed by atoms with Gasteiger partial charge in [0.25, 0.3) is 0 Å². The van der Waals surface area contributed by atoms with Gasteiger partial charge in [-0.15, -0.1) is 0 Å². The van der Waals surface area contributed by atoms with Gasteiger partial charge in [0.05, 0.1) is 19.3 Å². The minimum absolute atomic E-state index is 0.217. The number of aromatic nitrogens is 1. The maximum absolute atomic E-state index is 10.2. The van der Waals surface area contributed by atoms with Gasteiger partial charge in [-0.05, 0) is 44.5 Å². The number of ether oxygens (including phenoxy) is 2. The second-order valence-corrected chi connectivity index (χ2v) is 7.96. The van der Waals surface area contributed by atoms with Crippen LogP contribution >= 0.6 is 0 Å². The predicted molar refractivity (Wildman–Crippen MR) is 113 cm³/mol. The molecule has 0 aliphatic rings. The normalized spacial score (nSPS) is 12.8. The summed E-state index contributed by atoms with van der Waals surface area (Å²) in [7, 11) is 3.60. The number of methoxy groups -OCH3 is 1. The van der Waals surface area contributed by atoms with Gasteiger partial charge in [-0.3, -0.25) is 0 Å². The zero-order valence-corrected chi connectivity index (χ0v) is 18.4. The number of hydrogen-bond donors (Lipinski definition) is 2. The average Bonchev–Trinajstić information content (AvgIpc) is 3.16. The number of aliphatic hydroxyl groups is 1. The summed E-state index contributed by atoms with van der Waals surface area (Å²) in [6.45, 7) is 10.4. The maximum atomic E-state index is 10.2. The first-order valence-electron chi connectivity index (χ1n) is 10.1. The van der Waals surface area contributed by atoms with Gasteiger partial charge in [-0.25, -0.2) is 0 Å². The molecule has 0 spiro atoms. The van der Waals surface area contributed by atoms with Crippen molar-refractivity contribution in [3.8, 4) is 11.5 Å². The fraction of sp³-hybridized carbons (Fsp3) is 0.591. The molecule has 1 aromatic carbocycles. The van der Waals surface area contributed by atoms with E-state index in [1.807, 2.05) is 31.3 Å². The summed E-state index contributed by atoms with van der Waals surface area (Å²) in [5.74, 6) is 2.45. The van der Waals surface area contributed by atoms with Crippen molar-refractivity contribution in [3.05, 3.63) is 41.3 Å². The number of aliphatic hydroxyl groups excluding tert-OH is 1. The molecule has 2 rings (SSSR count). The highest BCUT2D eigenvalue weighted by Crippen LogP contribution is 2.28. The summed E-state index contributed by atoms with van der Waals surface area (Å²) >= 11 is 0. The Hall–Kier alpha value is -2.09. The molecule has 0 aliphatic heterocycles. The Kier molecular flexibility index (Phi) is 8.95. The Morgan fingerprint density at radius 3 is 2.52 bits per heavy atom. The third-order valence-electron chi connectivity index (χ3n) is 4.84. The second kappa shape index (κ2) is 11.2. The number of benzene rings is 1. The van der Waals surface area contributed by atoms with Gasteiger partial charge in [0.15, 0.2) is 17.3 Å². The van der Waals surface area contributed by atoms with Crippen molar-refractivity contribution in [3.63, 3.8) is 0 Å². The summed E-state index contributed by atoms with van der Waals surface area (Å²) in [5.41, 5.74) is 2.03. The SMILES string of the molecule is COc1cc(CNCc2cc(C(C)C)no2)ccc1OC[C@H](O)CN(C)C(C)C. The van der Waals surface area contributed by atoms with Gasteiger partial charge in [-0.1, -0.05) is 25.1 Å². The second-order valence-electron chi connectivity index (χ2n) is 7.96. The lowest BCUT2D eigenvalue weighted by Gasteiger charge is -2.24. The molecule has 0 bridgehead atoms. The van der Waals surface area contributed by atoms with Crippen molar-refractivity contribution in [2.24, 2.45) is 0 Å². The molecule has 0 saturated heterocycles. The Balaban J connectivity index is 1.85. The molecule has 0 amide bonds. The van der Waals surface area contributed by atoms with Gasteiger partial charge in [-0.2, -0.15) is 0 Å². The largest absolute Gasteiger partial charge is 0.493 e. The number of nitrogens with one attached hydrogen (secondary N) is 1.